The number of hydrogen-bond donors (Lipinski definition) is 5. The van der Waals surface area contributed by atoms with Crippen LogP contribution in [-0.4, -0.2) is 101 Å². The number of hydrogen-bond acceptors (Lipinski definition) is 9. The number of alkyl carbamates (subject to hydrolysis) is 1. The molecule has 2 aliphatic rings. The lowest BCUT2D eigenvalue weighted by Crippen LogP contribution is -2.51. The van der Waals surface area contributed by atoms with Gasteiger partial charge in [-0.25, -0.2) is 33.9 Å². The lowest BCUT2D eigenvalue weighted by atomic mass is 10.0. The van der Waals surface area contributed by atoms with Crippen molar-refractivity contribution in [3.8, 4) is 33.9 Å². The first-order chi connectivity index (χ1) is 25.9. The maximum absolute atomic E-state index is 15.6. The molecule has 5 heterocycles. The molecule has 5 N–H and O–H groups in total. The summed E-state index contributed by atoms with van der Waals surface area (Å²) in [5.41, 5.74) is 2.39. The average Bonchev–Trinajstić information content (AvgIpc) is 3.98. The van der Waals surface area contributed by atoms with Gasteiger partial charge < -0.3 is 40.2 Å². The van der Waals surface area contributed by atoms with Crippen LogP contribution in [0.5, 0.6) is 0 Å². The van der Waals surface area contributed by atoms with Crippen molar-refractivity contribution >= 4 is 24.0 Å². The van der Waals surface area contributed by atoms with Crippen LogP contribution in [0.4, 0.5) is 14.0 Å². The van der Waals surface area contributed by atoms with Crippen LogP contribution in [0.1, 0.15) is 77.1 Å². The van der Waals surface area contributed by atoms with Crippen molar-refractivity contribution in [2.45, 2.75) is 77.5 Å². The van der Waals surface area contributed by atoms with E-state index in [1.807, 2.05) is 13.8 Å². The van der Waals surface area contributed by atoms with Gasteiger partial charge in [0.2, 0.25) is 11.8 Å². The summed E-state index contributed by atoms with van der Waals surface area (Å²) in [7, 11) is 1.25. The minimum atomic E-state index is -1.25. The largest absolute Gasteiger partial charge is 0.465 e. The zero-order valence-corrected chi connectivity index (χ0v) is 30.8. The third kappa shape index (κ3) is 7.89. The van der Waals surface area contributed by atoms with E-state index in [1.165, 1.54) is 13.2 Å². The highest BCUT2D eigenvalue weighted by molar-refractivity contribution is 5.87. The number of carbonyl (C=O) groups excluding carboxylic acids is 3. The number of H-pyrrole nitrogens is 2. The van der Waals surface area contributed by atoms with Crippen LogP contribution >= 0.6 is 0 Å². The van der Waals surface area contributed by atoms with Crippen LogP contribution in [0.2, 0.25) is 0 Å². The fourth-order valence-electron chi connectivity index (χ4n) is 7.11. The van der Waals surface area contributed by atoms with Crippen molar-refractivity contribution in [3.05, 3.63) is 60.5 Å². The molecular formula is C37H45FN10O6. The zero-order chi connectivity index (χ0) is 38.7. The van der Waals surface area contributed by atoms with E-state index in [0.29, 0.717) is 71.5 Å². The molecule has 0 aliphatic carbocycles. The number of amides is 4. The van der Waals surface area contributed by atoms with E-state index in [-0.39, 0.29) is 35.7 Å². The molecule has 2 fully saturated rings. The Morgan fingerprint density at radius 2 is 1.48 bits per heavy atom. The van der Waals surface area contributed by atoms with Gasteiger partial charge in [-0.2, -0.15) is 0 Å². The van der Waals surface area contributed by atoms with Gasteiger partial charge in [-0.15, -0.1) is 0 Å². The summed E-state index contributed by atoms with van der Waals surface area (Å²) in [6, 6.07) is 2.37. The molecule has 1 aromatic carbocycles. The van der Waals surface area contributed by atoms with Crippen molar-refractivity contribution in [1.82, 2.24) is 50.3 Å². The lowest BCUT2D eigenvalue weighted by Gasteiger charge is -2.30. The standard InChI is InChI=1S/C37H45FN10O6/c1-19(2)29(45-36(51)52)34(49)47-12-6-8-27(47)32-41-17-25(43-32)22-15-39-31(40-16-22)21-10-11-23(24(38)14-21)26-18-42-33(44-26)28-9-7-13-48(28)35(50)30(20(3)4)46-37(53)54-5/h10-11,14-20,27-30,45H,6-9,12-13H2,1-5H3,(H,41,43)(H,42,44)(H,46,53)(H,51,52)/t27-,28-,29-,30-/m0/s1. The SMILES string of the molecule is COC(=O)N[C@H](C(=O)N1CCC[C@H]1c1ncc(-c2ccc(-c3ncc(-c4c[nH]c([C@@H]5CCCN5C(=O)[C@@H](NC(=O)O)C(C)C)n4)cn3)cc2F)[nH]1)C(C)C. The first-order valence-corrected chi connectivity index (χ1v) is 18.0. The van der Waals surface area contributed by atoms with E-state index in [0.717, 1.165) is 12.8 Å². The van der Waals surface area contributed by atoms with Gasteiger partial charge >= 0.3 is 12.2 Å². The van der Waals surface area contributed by atoms with Crippen molar-refractivity contribution in [3.63, 3.8) is 0 Å². The number of nitrogens with one attached hydrogen (secondary N) is 4. The molecule has 4 atom stereocenters. The molecular weight excluding hydrogens is 699 g/mol. The second-order valence-corrected chi connectivity index (χ2v) is 14.3. The Morgan fingerprint density at radius 1 is 0.870 bits per heavy atom. The number of carbonyl (C=O) groups is 4. The topological polar surface area (TPSA) is 211 Å². The Labute approximate surface area is 311 Å². The first-order valence-electron chi connectivity index (χ1n) is 18.0. The molecule has 0 radical (unpaired) electrons. The first kappa shape index (κ1) is 37.9. The second kappa shape index (κ2) is 16.0. The number of aromatic nitrogens is 6. The molecule has 2 saturated heterocycles. The quantitative estimate of drug-likeness (QED) is 0.138. The van der Waals surface area contributed by atoms with E-state index < -0.39 is 30.1 Å². The average molecular weight is 745 g/mol. The van der Waals surface area contributed by atoms with Crippen molar-refractivity contribution in [1.29, 1.82) is 0 Å². The van der Waals surface area contributed by atoms with Gasteiger partial charge in [0.15, 0.2) is 5.82 Å². The number of benzene rings is 1. The number of likely N-dealkylation sites (tertiary alicyclic amines) is 2. The van der Waals surface area contributed by atoms with Gasteiger partial charge in [0.1, 0.15) is 29.5 Å². The molecule has 286 valence electrons. The number of nitrogens with zero attached hydrogens (tertiary/aromatic N) is 6. The maximum Gasteiger partial charge on any atom is 0.407 e. The number of ether oxygens (including phenoxy) is 1. The van der Waals surface area contributed by atoms with Crippen molar-refractivity contribution < 1.29 is 33.4 Å². The molecule has 0 unspecified atom stereocenters. The molecule has 0 bridgehead atoms. The predicted molar refractivity (Wildman–Crippen MR) is 194 cm³/mol. The zero-order valence-electron chi connectivity index (χ0n) is 30.8. The van der Waals surface area contributed by atoms with Crippen LogP contribution in [0.15, 0.2) is 43.0 Å². The van der Waals surface area contributed by atoms with Crippen LogP contribution in [0, 0.1) is 17.7 Å². The molecule has 4 amide bonds. The van der Waals surface area contributed by atoms with Gasteiger partial charge in [-0.3, -0.25) is 9.59 Å². The van der Waals surface area contributed by atoms with Gasteiger partial charge in [0.25, 0.3) is 0 Å². The molecule has 2 aliphatic heterocycles. The van der Waals surface area contributed by atoms with E-state index in [1.54, 1.807) is 60.6 Å². The fourth-order valence-corrected chi connectivity index (χ4v) is 7.11. The number of imidazole rings is 2. The van der Waals surface area contributed by atoms with Crippen LogP contribution in [0.25, 0.3) is 33.9 Å². The van der Waals surface area contributed by atoms with Crippen LogP contribution in [0.3, 0.4) is 0 Å². The van der Waals surface area contributed by atoms with Crippen LogP contribution < -0.4 is 10.6 Å². The summed E-state index contributed by atoms with van der Waals surface area (Å²) in [5, 5.41) is 14.2. The van der Waals surface area contributed by atoms with Crippen molar-refractivity contribution in [2.24, 2.45) is 11.8 Å². The van der Waals surface area contributed by atoms with Crippen molar-refractivity contribution in [2.75, 3.05) is 20.2 Å². The second-order valence-electron chi connectivity index (χ2n) is 14.3. The molecule has 4 aromatic rings. The number of rotatable bonds is 11. The normalized spacial score (nSPS) is 18.2. The summed E-state index contributed by atoms with van der Waals surface area (Å²) < 4.78 is 20.3. The number of methoxy groups -OCH3 is 1. The fraction of sp³-hybridized carbons (Fsp3) is 0.459. The summed E-state index contributed by atoms with van der Waals surface area (Å²) in [6.45, 7) is 8.28. The number of carboxylic acid groups (broad SMARTS) is 1. The highest BCUT2D eigenvalue weighted by atomic mass is 19.1. The molecule has 3 aromatic heterocycles. The van der Waals surface area contributed by atoms with E-state index >= 15 is 4.39 Å². The van der Waals surface area contributed by atoms with E-state index in [4.69, 9.17) is 9.72 Å². The number of halogens is 1. The summed E-state index contributed by atoms with van der Waals surface area (Å²) in [4.78, 5) is 77.9. The van der Waals surface area contributed by atoms with Gasteiger partial charge in [0.05, 0.1) is 36.8 Å². The van der Waals surface area contributed by atoms with E-state index in [9.17, 15) is 24.3 Å². The highest BCUT2D eigenvalue weighted by Crippen LogP contribution is 2.35. The predicted octanol–water partition coefficient (Wildman–Crippen LogP) is 5.06. The third-order valence-electron chi connectivity index (χ3n) is 9.96. The molecule has 0 spiro atoms. The Kier molecular flexibility index (Phi) is 11.2. The summed E-state index contributed by atoms with van der Waals surface area (Å²) in [6.07, 6.45) is 7.38. The molecule has 6 rings (SSSR count). The molecule has 16 nitrogen and oxygen atoms in total. The smallest absolute Gasteiger partial charge is 0.407 e. The Balaban J connectivity index is 1.13. The molecule has 54 heavy (non-hydrogen) atoms. The van der Waals surface area contributed by atoms with Crippen LogP contribution in [-0.2, 0) is 14.3 Å². The summed E-state index contributed by atoms with van der Waals surface area (Å²) in [5.74, 6) is -0.00312. The number of aromatic amines is 2. The summed E-state index contributed by atoms with van der Waals surface area (Å²) >= 11 is 0. The molecule has 0 saturated carbocycles. The van der Waals surface area contributed by atoms with Gasteiger partial charge in [-0.05, 0) is 49.7 Å². The van der Waals surface area contributed by atoms with E-state index in [2.05, 4.69) is 35.6 Å². The van der Waals surface area contributed by atoms with Gasteiger partial charge in [-0.1, -0.05) is 33.8 Å². The minimum Gasteiger partial charge on any atom is -0.465 e. The monoisotopic (exact) mass is 744 g/mol. The Bertz CT molecular complexity index is 2000. The maximum atomic E-state index is 15.6. The minimum absolute atomic E-state index is 0.169. The Morgan fingerprint density at radius 3 is 2.06 bits per heavy atom. The lowest BCUT2D eigenvalue weighted by molar-refractivity contribution is -0.136. The highest BCUT2D eigenvalue weighted by Gasteiger charge is 2.39. The van der Waals surface area contributed by atoms with Gasteiger partial charge in [0, 0.05) is 48.4 Å². The third-order valence-corrected chi connectivity index (χ3v) is 9.96. The Hall–Kier alpha value is -5.87. The molecule has 17 heteroatoms.